The van der Waals surface area contributed by atoms with Gasteiger partial charge in [-0.3, -0.25) is 9.59 Å². The van der Waals surface area contributed by atoms with Gasteiger partial charge in [0.05, 0.1) is 13.7 Å². The van der Waals surface area contributed by atoms with E-state index in [1.807, 2.05) is 93.7 Å². The molecule has 8 nitrogen and oxygen atoms in total. The normalized spacial score (nSPS) is 16.8. The second-order valence-electron chi connectivity index (χ2n) is 10.2. The van der Waals surface area contributed by atoms with Crippen LogP contribution in [0.2, 0.25) is 0 Å². The molecule has 2 amide bonds. The molecule has 0 saturated heterocycles. The van der Waals surface area contributed by atoms with Gasteiger partial charge in [-0.1, -0.05) is 44.2 Å². The number of carbonyl (C=O) groups excluding carboxylic acids is 2. The molecule has 2 unspecified atom stereocenters. The standard InChI is InChI=1S/C32H35N3O5/c1-5-39-27-13-9-12-24-28(31(36)34-22-10-7-6-8-11-22)35(32(37)29(20(2)3)40-30(24)27)17-16-21-19-33-26-15-14-23(38-4)18-25(21)26/h6-15,18-20,28-29,33H,5,16-17H2,1-4H3,(H,34,36). The van der Waals surface area contributed by atoms with Crippen LogP contribution in [0.1, 0.15) is 37.9 Å². The third-order valence-corrected chi connectivity index (χ3v) is 7.18. The monoisotopic (exact) mass is 541 g/mol. The van der Waals surface area contributed by atoms with Crippen LogP contribution in [0.3, 0.4) is 0 Å². The number of nitrogens with zero attached hydrogens (tertiary/aromatic N) is 1. The molecule has 1 aliphatic heterocycles. The van der Waals surface area contributed by atoms with Gasteiger partial charge in [0.1, 0.15) is 11.8 Å². The lowest BCUT2D eigenvalue weighted by molar-refractivity contribution is -0.145. The minimum Gasteiger partial charge on any atom is -0.497 e. The maximum Gasteiger partial charge on any atom is 0.264 e. The Morgan fingerprint density at radius 1 is 1.10 bits per heavy atom. The van der Waals surface area contributed by atoms with Crippen molar-refractivity contribution in [2.24, 2.45) is 5.92 Å². The van der Waals surface area contributed by atoms with Crippen molar-refractivity contribution in [2.75, 3.05) is 25.6 Å². The van der Waals surface area contributed by atoms with E-state index in [0.29, 0.717) is 42.3 Å². The molecule has 0 spiro atoms. The predicted molar refractivity (Wildman–Crippen MR) is 155 cm³/mol. The highest BCUT2D eigenvalue weighted by Crippen LogP contribution is 2.42. The quantitative estimate of drug-likeness (QED) is 0.282. The van der Waals surface area contributed by atoms with Gasteiger partial charge in [0.15, 0.2) is 17.6 Å². The number of nitrogens with one attached hydrogen (secondary N) is 2. The third-order valence-electron chi connectivity index (χ3n) is 7.18. The van der Waals surface area contributed by atoms with Crippen LogP contribution in [-0.2, 0) is 16.0 Å². The lowest BCUT2D eigenvalue weighted by Crippen LogP contribution is -2.47. The van der Waals surface area contributed by atoms with E-state index < -0.39 is 12.1 Å². The zero-order valence-electron chi connectivity index (χ0n) is 23.3. The fourth-order valence-electron chi connectivity index (χ4n) is 5.19. The number of benzene rings is 3. The van der Waals surface area contributed by atoms with Crippen LogP contribution in [0, 0.1) is 5.92 Å². The fraction of sp³-hybridized carbons (Fsp3) is 0.312. The van der Waals surface area contributed by atoms with Crippen molar-refractivity contribution in [3.8, 4) is 17.2 Å². The predicted octanol–water partition coefficient (Wildman–Crippen LogP) is 5.74. The topological polar surface area (TPSA) is 92.9 Å². The lowest BCUT2D eigenvalue weighted by atomic mass is 10.0. The summed E-state index contributed by atoms with van der Waals surface area (Å²) in [4.78, 5) is 33.1. The number of fused-ring (bicyclic) bond motifs is 2. The van der Waals surface area contributed by atoms with Gasteiger partial charge >= 0.3 is 0 Å². The maximum atomic E-state index is 14.2. The van der Waals surface area contributed by atoms with Crippen LogP contribution in [0.4, 0.5) is 5.69 Å². The molecule has 2 heterocycles. The van der Waals surface area contributed by atoms with E-state index >= 15 is 0 Å². The van der Waals surface area contributed by atoms with E-state index in [-0.39, 0.29) is 17.7 Å². The van der Waals surface area contributed by atoms with Crippen molar-refractivity contribution < 1.29 is 23.8 Å². The van der Waals surface area contributed by atoms with Crippen LogP contribution in [0.5, 0.6) is 17.2 Å². The van der Waals surface area contributed by atoms with Crippen LogP contribution in [0.15, 0.2) is 72.9 Å². The Morgan fingerprint density at radius 3 is 2.62 bits per heavy atom. The second kappa shape index (κ2) is 11.7. The highest BCUT2D eigenvalue weighted by Gasteiger charge is 2.43. The minimum absolute atomic E-state index is 0.134. The summed E-state index contributed by atoms with van der Waals surface area (Å²) >= 11 is 0. The van der Waals surface area contributed by atoms with Gasteiger partial charge in [-0.05, 0) is 61.2 Å². The Labute approximate surface area is 234 Å². The Hall–Kier alpha value is -4.46. The van der Waals surface area contributed by atoms with Crippen molar-refractivity contribution in [3.05, 3.63) is 84.1 Å². The lowest BCUT2D eigenvalue weighted by Gasteiger charge is -2.31. The summed E-state index contributed by atoms with van der Waals surface area (Å²) in [6.45, 7) is 6.51. The first kappa shape index (κ1) is 27.1. The SMILES string of the molecule is CCOc1cccc2c1OC(C(C)C)C(=O)N(CCc1c[nH]c3ccc(OC)cc13)C2C(=O)Nc1ccccc1. The Bertz CT molecular complexity index is 1500. The number of aromatic amines is 1. The third kappa shape index (κ3) is 5.34. The molecule has 0 radical (unpaired) electrons. The summed E-state index contributed by atoms with van der Waals surface area (Å²) in [6, 6.07) is 19.7. The molecule has 4 aromatic rings. The summed E-state index contributed by atoms with van der Waals surface area (Å²) in [6.07, 6.45) is 1.69. The van der Waals surface area contributed by atoms with Crippen LogP contribution in [-0.4, -0.2) is 48.1 Å². The van der Waals surface area contributed by atoms with Crippen molar-refractivity contribution in [2.45, 2.75) is 39.3 Å². The second-order valence-corrected chi connectivity index (χ2v) is 10.2. The van der Waals surface area contributed by atoms with Gasteiger partial charge in [0, 0.05) is 34.9 Å². The van der Waals surface area contributed by atoms with Crippen LogP contribution < -0.4 is 19.5 Å². The number of methoxy groups -OCH3 is 1. The van der Waals surface area contributed by atoms with Crippen LogP contribution in [0.25, 0.3) is 10.9 Å². The van der Waals surface area contributed by atoms with E-state index in [1.54, 1.807) is 12.0 Å². The van der Waals surface area contributed by atoms with Crippen molar-refractivity contribution >= 4 is 28.4 Å². The Balaban J connectivity index is 1.58. The molecule has 0 fully saturated rings. The molecule has 0 aliphatic carbocycles. The van der Waals surface area contributed by atoms with Gasteiger partial charge in [0.25, 0.3) is 11.8 Å². The van der Waals surface area contributed by atoms with Gasteiger partial charge in [-0.15, -0.1) is 0 Å². The number of aromatic nitrogens is 1. The molecule has 2 N–H and O–H groups in total. The number of ether oxygens (including phenoxy) is 3. The first-order valence-electron chi connectivity index (χ1n) is 13.6. The summed E-state index contributed by atoms with van der Waals surface area (Å²) in [5.74, 6) is 1.02. The van der Waals surface area contributed by atoms with Crippen LogP contribution >= 0.6 is 0 Å². The number of hydrogen-bond donors (Lipinski definition) is 2. The van der Waals surface area contributed by atoms with Gasteiger partial charge < -0.3 is 29.4 Å². The smallest absolute Gasteiger partial charge is 0.264 e. The highest BCUT2D eigenvalue weighted by molar-refractivity contribution is 5.99. The molecule has 5 rings (SSSR count). The molecule has 0 saturated carbocycles. The molecular weight excluding hydrogens is 506 g/mol. The highest BCUT2D eigenvalue weighted by atomic mass is 16.5. The Morgan fingerprint density at radius 2 is 1.90 bits per heavy atom. The van der Waals surface area contributed by atoms with Gasteiger partial charge in [-0.25, -0.2) is 0 Å². The van der Waals surface area contributed by atoms with Gasteiger partial charge in [-0.2, -0.15) is 0 Å². The average molecular weight is 542 g/mol. The zero-order valence-corrected chi connectivity index (χ0v) is 23.3. The zero-order chi connectivity index (χ0) is 28.2. The number of para-hydroxylation sites is 2. The molecule has 2 atom stereocenters. The van der Waals surface area contributed by atoms with E-state index in [1.165, 1.54) is 0 Å². The van der Waals surface area contributed by atoms with E-state index in [2.05, 4.69) is 10.3 Å². The van der Waals surface area contributed by atoms with E-state index in [0.717, 1.165) is 22.2 Å². The fourth-order valence-corrected chi connectivity index (χ4v) is 5.19. The number of carbonyl (C=O) groups is 2. The average Bonchev–Trinajstić information content (AvgIpc) is 3.30. The number of H-pyrrole nitrogens is 1. The van der Waals surface area contributed by atoms with Crippen molar-refractivity contribution in [1.29, 1.82) is 0 Å². The van der Waals surface area contributed by atoms with Crippen molar-refractivity contribution in [1.82, 2.24) is 9.88 Å². The summed E-state index contributed by atoms with van der Waals surface area (Å²) < 4.78 is 17.7. The Kier molecular flexibility index (Phi) is 7.96. The minimum atomic E-state index is -0.924. The molecular formula is C32H35N3O5. The number of amides is 2. The molecule has 1 aliphatic rings. The summed E-state index contributed by atoms with van der Waals surface area (Å²) in [7, 11) is 1.64. The van der Waals surface area contributed by atoms with Crippen molar-refractivity contribution in [3.63, 3.8) is 0 Å². The molecule has 40 heavy (non-hydrogen) atoms. The first-order valence-corrected chi connectivity index (χ1v) is 13.6. The maximum absolute atomic E-state index is 14.2. The molecule has 208 valence electrons. The number of hydrogen-bond acceptors (Lipinski definition) is 5. The summed E-state index contributed by atoms with van der Waals surface area (Å²) in [5, 5.41) is 4.03. The number of rotatable bonds is 9. The van der Waals surface area contributed by atoms with E-state index in [4.69, 9.17) is 14.2 Å². The molecule has 1 aromatic heterocycles. The summed E-state index contributed by atoms with van der Waals surface area (Å²) in [5.41, 5.74) is 3.25. The van der Waals surface area contributed by atoms with Gasteiger partial charge in [0.2, 0.25) is 0 Å². The largest absolute Gasteiger partial charge is 0.497 e. The number of anilines is 1. The van der Waals surface area contributed by atoms with E-state index in [9.17, 15) is 9.59 Å². The first-order chi connectivity index (χ1) is 19.4. The molecule has 0 bridgehead atoms. The molecule has 3 aromatic carbocycles. The molecule has 8 heteroatoms.